The van der Waals surface area contributed by atoms with Crippen molar-refractivity contribution >= 4 is 21.7 Å². The molecule has 0 spiro atoms. The number of methoxy groups -OCH3 is 1. The summed E-state index contributed by atoms with van der Waals surface area (Å²) in [5, 5.41) is 8.30. The lowest BCUT2D eigenvalue weighted by molar-refractivity contribution is 0.410. The highest BCUT2D eigenvalue weighted by Crippen LogP contribution is 2.28. The molecule has 5 aromatic rings. The monoisotopic (exact) mass is 428 g/mol. The Kier molecular flexibility index (Phi) is 4.74. The van der Waals surface area contributed by atoms with Crippen LogP contribution in [0, 0.1) is 5.82 Å². The molecule has 7 nitrogen and oxygen atoms in total. The summed E-state index contributed by atoms with van der Waals surface area (Å²) in [5.41, 5.74) is 1.95. The summed E-state index contributed by atoms with van der Waals surface area (Å²) in [6, 6.07) is 16.7. The normalized spacial score (nSPS) is 11.2. The number of rotatable bonds is 4. The number of H-pyrrole nitrogens is 2. The first-order chi connectivity index (χ1) is 15.5. The average molecular weight is 428 g/mol. The van der Waals surface area contributed by atoms with Gasteiger partial charge in [0.05, 0.1) is 29.1 Å². The number of benzene rings is 3. The summed E-state index contributed by atoms with van der Waals surface area (Å²) in [6.07, 6.45) is 0.432. The van der Waals surface area contributed by atoms with Gasteiger partial charge in [0, 0.05) is 22.9 Å². The molecule has 32 heavy (non-hydrogen) atoms. The second kappa shape index (κ2) is 7.73. The third kappa shape index (κ3) is 3.41. The van der Waals surface area contributed by atoms with Gasteiger partial charge in [0.25, 0.3) is 11.1 Å². The van der Waals surface area contributed by atoms with E-state index >= 15 is 0 Å². The molecular formula is C24H17FN4O3. The van der Waals surface area contributed by atoms with Crippen LogP contribution in [0.4, 0.5) is 4.39 Å². The minimum absolute atomic E-state index is 0.188. The molecule has 158 valence electrons. The molecule has 5 rings (SSSR count). The van der Waals surface area contributed by atoms with Gasteiger partial charge >= 0.3 is 0 Å². The van der Waals surface area contributed by atoms with E-state index in [-0.39, 0.29) is 10.9 Å². The average Bonchev–Trinajstić information content (AvgIpc) is 2.81. The maximum absolute atomic E-state index is 13.5. The molecule has 0 aliphatic heterocycles. The molecule has 8 heteroatoms. The van der Waals surface area contributed by atoms with Gasteiger partial charge in [0.1, 0.15) is 17.4 Å². The summed E-state index contributed by atoms with van der Waals surface area (Å²) in [4.78, 5) is 31.6. The topological polar surface area (TPSA) is 101 Å². The fraction of sp³-hybridized carbons (Fsp3) is 0.0833. The number of aromatic amines is 2. The van der Waals surface area contributed by atoms with E-state index in [9.17, 15) is 14.0 Å². The SMILES string of the molecule is COc1cc(-c2nc3ccc(F)cc3c(=O)[nH]2)ccc1Cc1n[nH]c(=O)c2ccccc12. The quantitative estimate of drug-likeness (QED) is 0.456. The molecule has 0 saturated heterocycles. The molecule has 0 aliphatic carbocycles. The molecule has 0 unspecified atom stereocenters. The van der Waals surface area contributed by atoms with E-state index in [0.717, 1.165) is 17.0 Å². The number of nitrogens with zero attached hydrogens (tertiary/aromatic N) is 2. The zero-order valence-corrected chi connectivity index (χ0v) is 17.0. The van der Waals surface area contributed by atoms with Crippen molar-refractivity contribution in [3.8, 4) is 17.1 Å². The van der Waals surface area contributed by atoms with Crippen molar-refractivity contribution < 1.29 is 9.13 Å². The van der Waals surface area contributed by atoms with Gasteiger partial charge in [-0.25, -0.2) is 14.5 Å². The fourth-order valence-electron chi connectivity index (χ4n) is 3.77. The van der Waals surface area contributed by atoms with E-state index < -0.39 is 11.4 Å². The fourth-order valence-corrected chi connectivity index (χ4v) is 3.77. The Balaban J connectivity index is 1.57. The number of hydrogen-bond donors (Lipinski definition) is 2. The molecule has 2 aromatic heterocycles. The first-order valence-electron chi connectivity index (χ1n) is 9.86. The van der Waals surface area contributed by atoms with Crippen molar-refractivity contribution in [2.75, 3.05) is 7.11 Å². The summed E-state index contributed by atoms with van der Waals surface area (Å²) < 4.78 is 19.0. The molecule has 3 aromatic carbocycles. The third-order valence-corrected chi connectivity index (χ3v) is 5.36. The Labute approximate surface area is 180 Å². The van der Waals surface area contributed by atoms with Crippen LogP contribution < -0.4 is 15.9 Å². The molecule has 2 heterocycles. The molecule has 0 radical (unpaired) electrons. The van der Waals surface area contributed by atoms with E-state index in [2.05, 4.69) is 20.2 Å². The van der Waals surface area contributed by atoms with Crippen LogP contribution in [-0.2, 0) is 6.42 Å². The number of ether oxygens (including phenoxy) is 1. The Bertz CT molecular complexity index is 1610. The number of fused-ring (bicyclic) bond motifs is 2. The van der Waals surface area contributed by atoms with Crippen LogP contribution in [0.1, 0.15) is 11.3 Å². The van der Waals surface area contributed by atoms with Crippen LogP contribution >= 0.6 is 0 Å². The van der Waals surface area contributed by atoms with Gasteiger partial charge in [-0.3, -0.25) is 9.59 Å². The molecule has 0 bridgehead atoms. The highest BCUT2D eigenvalue weighted by Gasteiger charge is 2.13. The smallest absolute Gasteiger partial charge is 0.272 e. The first-order valence-corrected chi connectivity index (χ1v) is 9.86. The van der Waals surface area contributed by atoms with E-state index in [1.54, 1.807) is 19.2 Å². The Morgan fingerprint density at radius 1 is 0.938 bits per heavy atom. The van der Waals surface area contributed by atoms with Crippen molar-refractivity contribution in [1.29, 1.82) is 0 Å². The summed E-state index contributed by atoms with van der Waals surface area (Å²) in [7, 11) is 1.56. The number of nitrogens with one attached hydrogen (secondary N) is 2. The van der Waals surface area contributed by atoms with E-state index in [1.807, 2.05) is 30.3 Å². The Morgan fingerprint density at radius 2 is 1.75 bits per heavy atom. The van der Waals surface area contributed by atoms with Gasteiger partial charge in [-0.15, -0.1) is 0 Å². The maximum Gasteiger partial charge on any atom is 0.272 e. The largest absolute Gasteiger partial charge is 0.496 e. The van der Waals surface area contributed by atoms with Crippen LogP contribution in [-0.4, -0.2) is 27.3 Å². The molecule has 0 saturated carbocycles. The zero-order valence-electron chi connectivity index (χ0n) is 17.0. The highest BCUT2D eigenvalue weighted by atomic mass is 19.1. The summed E-state index contributed by atoms with van der Waals surface area (Å²) >= 11 is 0. The predicted molar refractivity (Wildman–Crippen MR) is 119 cm³/mol. The molecule has 0 atom stereocenters. The molecular weight excluding hydrogens is 411 g/mol. The highest BCUT2D eigenvalue weighted by molar-refractivity contribution is 5.84. The van der Waals surface area contributed by atoms with Crippen LogP contribution in [0.25, 0.3) is 33.1 Å². The zero-order chi connectivity index (χ0) is 22.2. The van der Waals surface area contributed by atoms with Crippen LogP contribution in [0.5, 0.6) is 5.75 Å². The number of hydrogen-bond acceptors (Lipinski definition) is 5. The van der Waals surface area contributed by atoms with Gasteiger partial charge in [-0.2, -0.15) is 5.10 Å². The van der Waals surface area contributed by atoms with Gasteiger partial charge in [-0.05, 0) is 30.3 Å². The number of halogens is 1. The van der Waals surface area contributed by atoms with Gasteiger partial charge in [-0.1, -0.05) is 30.3 Å². The molecule has 2 N–H and O–H groups in total. The first kappa shape index (κ1) is 19.6. The Hall–Kier alpha value is -4.33. The maximum atomic E-state index is 13.5. The molecule has 0 amide bonds. The predicted octanol–water partition coefficient (Wildman–Crippen LogP) is 3.57. The van der Waals surface area contributed by atoms with Crippen molar-refractivity contribution in [3.05, 3.63) is 98.4 Å². The lowest BCUT2D eigenvalue weighted by Crippen LogP contribution is -2.11. The minimum Gasteiger partial charge on any atom is -0.496 e. The van der Waals surface area contributed by atoms with Crippen LogP contribution in [0.2, 0.25) is 0 Å². The summed E-state index contributed by atoms with van der Waals surface area (Å²) in [5.74, 6) is 0.444. The second-order valence-electron chi connectivity index (χ2n) is 7.32. The standard InChI is InChI=1S/C24H17FN4O3/c1-32-21-11-14(22-26-19-9-8-15(25)12-18(19)23(30)27-22)7-6-13(21)10-20-16-4-2-3-5-17(16)24(31)29-28-20/h2-9,11-12H,10H2,1H3,(H,29,31)(H,26,27,30). The van der Waals surface area contributed by atoms with Crippen molar-refractivity contribution in [2.24, 2.45) is 0 Å². The van der Waals surface area contributed by atoms with E-state index in [4.69, 9.17) is 4.74 Å². The van der Waals surface area contributed by atoms with E-state index in [0.29, 0.717) is 40.2 Å². The van der Waals surface area contributed by atoms with Gasteiger partial charge in [0.2, 0.25) is 0 Å². The van der Waals surface area contributed by atoms with Crippen LogP contribution in [0.3, 0.4) is 0 Å². The van der Waals surface area contributed by atoms with Crippen molar-refractivity contribution in [1.82, 2.24) is 20.2 Å². The van der Waals surface area contributed by atoms with E-state index in [1.165, 1.54) is 12.1 Å². The Morgan fingerprint density at radius 3 is 2.56 bits per heavy atom. The van der Waals surface area contributed by atoms with Gasteiger partial charge < -0.3 is 9.72 Å². The third-order valence-electron chi connectivity index (χ3n) is 5.36. The number of aromatic nitrogens is 4. The van der Waals surface area contributed by atoms with Crippen molar-refractivity contribution in [2.45, 2.75) is 6.42 Å². The van der Waals surface area contributed by atoms with Gasteiger partial charge in [0.15, 0.2) is 0 Å². The second-order valence-corrected chi connectivity index (χ2v) is 7.32. The lowest BCUT2D eigenvalue weighted by atomic mass is 10.0. The van der Waals surface area contributed by atoms with Crippen molar-refractivity contribution in [3.63, 3.8) is 0 Å². The molecule has 0 aliphatic rings. The lowest BCUT2D eigenvalue weighted by Gasteiger charge is -2.12. The molecule has 0 fully saturated rings. The minimum atomic E-state index is -0.494. The van der Waals surface area contributed by atoms with Crippen LogP contribution in [0.15, 0.2) is 70.3 Å². The summed E-state index contributed by atoms with van der Waals surface area (Å²) in [6.45, 7) is 0.